The Kier molecular flexibility index (Phi) is 2.47. The maximum atomic E-state index is 10.0. The molecule has 1 heterocycles. The maximum Gasteiger partial charge on any atom is 0.187 e. The average molecular weight is 174 g/mol. The lowest BCUT2D eigenvalue weighted by Gasteiger charge is -2.58. The van der Waals surface area contributed by atoms with Gasteiger partial charge >= 0.3 is 0 Å². The third kappa shape index (κ3) is 0.934. The van der Waals surface area contributed by atoms with Crippen molar-refractivity contribution in [3.8, 4) is 0 Å². The smallest absolute Gasteiger partial charge is 0.187 e. The number of hydrogen-bond donors (Lipinski definition) is 2. The Bertz CT molecular complexity index is 160. The summed E-state index contributed by atoms with van der Waals surface area (Å²) in [7, 11) is 0. The molecule has 1 saturated heterocycles. The Hall–Kier alpha value is -0.120. The van der Waals surface area contributed by atoms with Crippen molar-refractivity contribution in [3.63, 3.8) is 0 Å². The average Bonchev–Trinajstić information content (AvgIpc) is 2.12. The molecule has 0 radical (unpaired) electrons. The molecule has 0 aromatic rings. The van der Waals surface area contributed by atoms with Crippen LogP contribution in [-0.2, 0) is 4.74 Å². The quantitative estimate of drug-likeness (QED) is 0.672. The lowest BCUT2D eigenvalue weighted by Crippen LogP contribution is -2.73. The molecule has 12 heavy (non-hydrogen) atoms. The fourth-order valence-corrected chi connectivity index (χ4v) is 2.11. The summed E-state index contributed by atoms with van der Waals surface area (Å²) in [6.07, 6.45) is 1.02. The van der Waals surface area contributed by atoms with Gasteiger partial charge < -0.3 is 14.9 Å². The van der Waals surface area contributed by atoms with Crippen molar-refractivity contribution in [1.82, 2.24) is 0 Å². The molecule has 1 fully saturated rings. The van der Waals surface area contributed by atoms with Gasteiger partial charge in [0.05, 0.1) is 0 Å². The Balaban J connectivity index is 2.81. The predicted molar refractivity (Wildman–Crippen MR) is 45.6 cm³/mol. The van der Waals surface area contributed by atoms with Gasteiger partial charge in [-0.05, 0) is 19.3 Å². The number of ether oxygens (including phenoxy) is 1. The van der Waals surface area contributed by atoms with Crippen molar-refractivity contribution in [2.24, 2.45) is 0 Å². The molecule has 0 aliphatic carbocycles. The van der Waals surface area contributed by atoms with Gasteiger partial charge in [0.2, 0.25) is 0 Å². The van der Waals surface area contributed by atoms with Crippen LogP contribution < -0.4 is 0 Å². The van der Waals surface area contributed by atoms with Gasteiger partial charge in [-0.15, -0.1) is 0 Å². The topological polar surface area (TPSA) is 49.7 Å². The van der Waals surface area contributed by atoms with Gasteiger partial charge in [-0.25, -0.2) is 0 Å². The highest BCUT2D eigenvalue weighted by atomic mass is 16.7. The van der Waals surface area contributed by atoms with Gasteiger partial charge in [-0.2, -0.15) is 0 Å². The van der Waals surface area contributed by atoms with Crippen LogP contribution in [0.2, 0.25) is 0 Å². The zero-order chi connectivity index (χ0) is 9.41. The minimum atomic E-state index is -1.03. The van der Waals surface area contributed by atoms with Crippen LogP contribution in [0.15, 0.2) is 0 Å². The lowest BCUT2D eigenvalue weighted by molar-refractivity contribution is -0.415. The van der Waals surface area contributed by atoms with E-state index in [1.165, 1.54) is 0 Å². The van der Waals surface area contributed by atoms with E-state index >= 15 is 0 Å². The van der Waals surface area contributed by atoms with Crippen LogP contribution in [0.25, 0.3) is 0 Å². The van der Waals surface area contributed by atoms with Crippen LogP contribution in [0.3, 0.4) is 0 Å². The molecule has 1 rings (SSSR count). The van der Waals surface area contributed by atoms with Gasteiger partial charge in [0.15, 0.2) is 6.29 Å². The third-order valence-electron chi connectivity index (χ3n) is 3.22. The van der Waals surface area contributed by atoms with E-state index in [-0.39, 0.29) is 0 Å². The molecule has 0 aromatic carbocycles. The molecular formula is C9H18O3. The highest BCUT2D eigenvalue weighted by molar-refractivity contribution is 5.08. The molecule has 0 saturated carbocycles. The first-order valence-corrected chi connectivity index (χ1v) is 4.64. The molecule has 72 valence electrons. The lowest BCUT2D eigenvalue weighted by atomic mass is 9.71. The molecule has 0 amide bonds. The van der Waals surface area contributed by atoms with Gasteiger partial charge in [0, 0.05) is 0 Å². The van der Waals surface area contributed by atoms with Crippen LogP contribution in [0.5, 0.6) is 0 Å². The van der Waals surface area contributed by atoms with Crippen molar-refractivity contribution < 1.29 is 14.9 Å². The van der Waals surface area contributed by atoms with Crippen molar-refractivity contribution in [3.05, 3.63) is 0 Å². The number of aliphatic hydroxyl groups excluding tert-OH is 1. The second-order valence-corrected chi connectivity index (χ2v) is 3.45. The first kappa shape index (κ1) is 9.96. The van der Waals surface area contributed by atoms with E-state index in [1.807, 2.05) is 20.8 Å². The first-order chi connectivity index (χ1) is 5.56. The Morgan fingerprint density at radius 1 is 1.17 bits per heavy atom. The summed E-state index contributed by atoms with van der Waals surface area (Å²) >= 11 is 0. The standard InChI is InChI=1S/C9H18O3/c1-4-8(5-2)9(11,6-3)7(10)12-8/h7,10-11H,4-6H2,1-3H3. The largest absolute Gasteiger partial charge is 0.382 e. The summed E-state index contributed by atoms with van der Waals surface area (Å²) < 4.78 is 5.24. The van der Waals surface area contributed by atoms with Gasteiger partial charge in [0.25, 0.3) is 0 Å². The van der Waals surface area contributed by atoms with Crippen LogP contribution in [0.4, 0.5) is 0 Å². The van der Waals surface area contributed by atoms with E-state index in [1.54, 1.807) is 0 Å². The molecule has 1 aliphatic heterocycles. The Morgan fingerprint density at radius 3 is 1.83 bits per heavy atom. The van der Waals surface area contributed by atoms with Crippen LogP contribution in [0.1, 0.15) is 40.0 Å². The summed E-state index contributed by atoms with van der Waals surface area (Å²) in [5.41, 5.74) is -1.54. The van der Waals surface area contributed by atoms with Crippen molar-refractivity contribution in [2.75, 3.05) is 0 Å². The molecule has 3 nitrogen and oxygen atoms in total. The summed E-state index contributed by atoms with van der Waals surface area (Å²) in [5.74, 6) is 0. The zero-order valence-corrected chi connectivity index (χ0v) is 8.00. The van der Waals surface area contributed by atoms with E-state index in [2.05, 4.69) is 0 Å². The van der Waals surface area contributed by atoms with E-state index in [9.17, 15) is 10.2 Å². The fraction of sp³-hybridized carbons (Fsp3) is 1.00. The van der Waals surface area contributed by atoms with Gasteiger partial charge in [-0.3, -0.25) is 0 Å². The predicted octanol–water partition coefficient (Wildman–Crippen LogP) is 1.03. The normalized spacial score (nSPS) is 39.2. The first-order valence-electron chi connectivity index (χ1n) is 4.64. The summed E-state index contributed by atoms with van der Waals surface area (Å²) in [4.78, 5) is 0. The second kappa shape index (κ2) is 2.98. The molecule has 0 bridgehead atoms. The summed E-state index contributed by atoms with van der Waals surface area (Å²) in [6.45, 7) is 5.80. The number of rotatable bonds is 3. The minimum Gasteiger partial charge on any atom is -0.382 e. The van der Waals surface area contributed by atoms with E-state index in [0.29, 0.717) is 6.42 Å². The van der Waals surface area contributed by atoms with E-state index < -0.39 is 17.5 Å². The zero-order valence-electron chi connectivity index (χ0n) is 8.00. The van der Waals surface area contributed by atoms with E-state index in [0.717, 1.165) is 12.8 Å². The molecular weight excluding hydrogens is 156 g/mol. The fourth-order valence-electron chi connectivity index (χ4n) is 2.11. The third-order valence-corrected chi connectivity index (χ3v) is 3.22. The van der Waals surface area contributed by atoms with Crippen molar-refractivity contribution in [2.45, 2.75) is 57.5 Å². The Labute approximate surface area is 73.4 Å². The van der Waals surface area contributed by atoms with Crippen LogP contribution in [-0.4, -0.2) is 27.7 Å². The maximum absolute atomic E-state index is 10.0. The van der Waals surface area contributed by atoms with Crippen LogP contribution >= 0.6 is 0 Å². The van der Waals surface area contributed by atoms with Gasteiger partial charge in [-0.1, -0.05) is 20.8 Å². The molecule has 0 aromatic heterocycles. The monoisotopic (exact) mass is 174 g/mol. The second-order valence-electron chi connectivity index (χ2n) is 3.45. The van der Waals surface area contributed by atoms with Crippen molar-refractivity contribution in [1.29, 1.82) is 0 Å². The molecule has 0 spiro atoms. The molecule has 2 unspecified atom stereocenters. The van der Waals surface area contributed by atoms with Gasteiger partial charge in [0.1, 0.15) is 11.2 Å². The SMILES string of the molecule is CCC1(CC)OC(O)C1(O)CC. The summed E-state index contributed by atoms with van der Waals surface area (Å²) in [6, 6.07) is 0. The number of aliphatic hydroxyl groups is 2. The highest BCUT2D eigenvalue weighted by Gasteiger charge is 2.63. The molecule has 1 aliphatic rings. The highest BCUT2D eigenvalue weighted by Crippen LogP contribution is 2.48. The molecule has 2 N–H and O–H groups in total. The van der Waals surface area contributed by atoms with Crippen LogP contribution in [0, 0.1) is 0 Å². The van der Waals surface area contributed by atoms with Crippen molar-refractivity contribution >= 4 is 0 Å². The Morgan fingerprint density at radius 2 is 1.67 bits per heavy atom. The molecule has 2 atom stereocenters. The summed E-state index contributed by atoms with van der Waals surface area (Å²) in [5, 5.41) is 19.3. The van der Waals surface area contributed by atoms with E-state index in [4.69, 9.17) is 4.74 Å². The number of hydrogen-bond acceptors (Lipinski definition) is 3. The molecule has 3 heteroatoms. The minimum absolute atomic E-state index is 0.513.